The van der Waals surface area contributed by atoms with Gasteiger partial charge in [-0.05, 0) is 17.7 Å². The van der Waals surface area contributed by atoms with Gasteiger partial charge in [0.25, 0.3) is 0 Å². The van der Waals surface area contributed by atoms with Crippen LogP contribution in [0.15, 0.2) is 24.3 Å². The molecule has 1 aliphatic rings. The Balaban J connectivity index is 2.30. The Morgan fingerprint density at radius 2 is 2.00 bits per heavy atom. The molecule has 2 atom stereocenters. The average molecular weight is 223 g/mol. The Kier molecular flexibility index (Phi) is 2.60. The second-order valence-electron chi connectivity index (χ2n) is 3.72. The standard InChI is InChI=1S/C11H10FNO3/c12-7-3-1-6(2-4-7)8-5-13-10(14)9(8)11(15)16/h1-4,8-9H,5H2,(H,13,14)(H,15,16). The molecule has 1 heterocycles. The Hall–Kier alpha value is -1.91. The maximum Gasteiger partial charge on any atom is 0.316 e. The van der Waals surface area contributed by atoms with Crippen molar-refractivity contribution in [3.05, 3.63) is 35.6 Å². The summed E-state index contributed by atoms with van der Waals surface area (Å²) in [7, 11) is 0. The van der Waals surface area contributed by atoms with Gasteiger partial charge in [-0.15, -0.1) is 0 Å². The molecule has 0 aromatic heterocycles. The van der Waals surface area contributed by atoms with Gasteiger partial charge in [-0.2, -0.15) is 0 Å². The van der Waals surface area contributed by atoms with Crippen molar-refractivity contribution in [1.82, 2.24) is 5.32 Å². The first kappa shape index (κ1) is 10.6. The van der Waals surface area contributed by atoms with Gasteiger partial charge in [0.2, 0.25) is 5.91 Å². The van der Waals surface area contributed by atoms with Crippen LogP contribution in [-0.4, -0.2) is 23.5 Å². The zero-order valence-electron chi connectivity index (χ0n) is 8.31. The van der Waals surface area contributed by atoms with Crippen LogP contribution in [0, 0.1) is 11.7 Å². The highest BCUT2D eigenvalue weighted by molar-refractivity contribution is 5.99. The van der Waals surface area contributed by atoms with Gasteiger partial charge in [0.1, 0.15) is 11.7 Å². The van der Waals surface area contributed by atoms with Crippen molar-refractivity contribution < 1.29 is 19.1 Å². The van der Waals surface area contributed by atoms with Crippen LogP contribution in [0.1, 0.15) is 11.5 Å². The lowest BCUT2D eigenvalue weighted by Crippen LogP contribution is -2.26. The van der Waals surface area contributed by atoms with Crippen molar-refractivity contribution in [2.45, 2.75) is 5.92 Å². The fourth-order valence-electron chi connectivity index (χ4n) is 1.93. The molecule has 1 aromatic rings. The monoisotopic (exact) mass is 223 g/mol. The quantitative estimate of drug-likeness (QED) is 0.727. The van der Waals surface area contributed by atoms with E-state index >= 15 is 0 Å². The summed E-state index contributed by atoms with van der Waals surface area (Å²) in [5.41, 5.74) is 0.659. The Labute approximate surface area is 91.1 Å². The number of carbonyl (C=O) groups is 2. The number of carbonyl (C=O) groups excluding carboxylic acids is 1. The molecule has 5 heteroatoms. The van der Waals surface area contributed by atoms with Crippen molar-refractivity contribution in [3.63, 3.8) is 0 Å². The number of hydrogen-bond donors (Lipinski definition) is 2. The van der Waals surface area contributed by atoms with E-state index in [4.69, 9.17) is 5.11 Å². The smallest absolute Gasteiger partial charge is 0.316 e. The SMILES string of the molecule is O=C(O)C1C(=O)NCC1c1ccc(F)cc1. The summed E-state index contributed by atoms with van der Waals surface area (Å²) in [6, 6.07) is 5.54. The molecule has 1 aromatic carbocycles. The van der Waals surface area contributed by atoms with Gasteiger partial charge in [0.05, 0.1) is 0 Å². The number of hydrogen-bond acceptors (Lipinski definition) is 2. The molecule has 0 spiro atoms. The van der Waals surface area contributed by atoms with Crippen molar-refractivity contribution in [3.8, 4) is 0 Å². The van der Waals surface area contributed by atoms with Crippen LogP contribution in [0.2, 0.25) is 0 Å². The van der Waals surface area contributed by atoms with Crippen LogP contribution in [0.5, 0.6) is 0 Å². The third-order valence-electron chi connectivity index (χ3n) is 2.75. The van der Waals surface area contributed by atoms with Gasteiger partial charge in [-0.3, -0.25) is 9.59 Å². The minimum absolute atomic E-state index is 0.279. The van der Waals surface area contributed by atoms with Gasteiger partial charge in [-0.25, -0.2) is 4.39 Å². The van der Waals surface area contributed by atoms with Crippen LogP contribution in [0.3, 0.4) is 0 Å². The van der Waals surface area contributed by atoms with Gasteiger partial charge in [-0.1, -0.05) is 12.1 Å². The second kappa shape index (κ2) is 3.92. The minimum Gasteiger partial charge on any atom is -0.481 e. The molecule has 1 amide bonds. The molecule has 0 saturated carbocycles. The predicted molar refractivity (Wildman–Crippen MR) is 53.3 cm³/mol. The lowest BCUT2D eigenvalue weighted by molar-refractivity contribution is -0.145. The molecule has 1 saturated heterocycles. The number of rotatable bonds is 2. The van der Waals surface area contributed by atoms with Crippen molar-refractivity contribution >= 4 is 11.9 Å². The summed E-state index contributed by atoms with van der Waals surface area (Å²) in [5.74, 6) is -3.52. The number of benzene rings is 1. The largest absolute Gasteiger partial charge is 0.481 e. The molecule has 0 radical (unpaired) electrons. The Bertz CT molecular complexity index is 429. The van der Waals surface area contributed by atoms with E-state index in [1.54, 1.807) is 0 Å². The molecule has 2 unspecified atom stereocenters. The highest BCUT2D eigenvalue weighted by atomic mass is 19.1. The van der Waals surface area contributed by atoms with Crippen LogP contribution < -0.4 is 5.32 Å². The summed E-state index contributed by atoms with van der Waals surface area (Å²) < 4.78 is 12.7. The molecule has 1 aliphatic heterocycles. The number of carboxylic acids is 1. The topological polar surface area (TPSA) is 66.4 Å². The summed E-state index contributed by atoms with van der Waals surface area (Å²) in [6.45, 7) is 0.279. The van der Waals surface area contributed by atoms with Crippen molar-refractivity contribution in [2.24, 2.45) is 5.92 Å². The summed E-state index contributed by atoms with van der Waals surface area (Å²) in [5, 5.41) is 11.4. The number of carboxylic acid groups (broad SMARTS) is 1. The van der Waals surface area contributed by atoms with Crippen LogP contribution in [0.25, 0.3) is 0 Å². The highest BCUT2D eigenvalue weighted by Crippen LogP contribution is 2.29. The van der Waals surface area contributed by atoms with Crippen LogP contribution in [0.4, 0.5) is 4.39 Å². The number of amides is 1. The molecule has 16 heavy (non-hydrogen) atoms. The van der Waals surface area contributed by atoms with Crippen molar-refractivity contribution in [1.29, 1.82) is 0 Å². The molecular weight excluding hydrogens is 213 g/mol. The van der Waals surface area contributed by atoms with E-state index in [0.717, 1.165) is 0 Å². The fourth-order valence-corrected chi connectivity index (χ4v) is 1.93. The normalized spacial score (nSPS) is 24.2. The highest BCUT2D eigenvalue weighted by Gasteiger charge is 2.40. The molecule has 0 aliphatic carbocycles. The molecular formula is C11H10FNO3. The zero-order valence-corrected chi connectivity index (χ0v) is 8.31. The third-order valence-corrected chi connectivity index (χ3v) is 2.75. The maximum absolute atomic E-state index is 12.7. The van der Waals surface area contributed by atoms with Crippen LogP contribution >= 0.6 is 0 Å². The van der Waals surface area contributed by atoms with E-state index in [1.165, 1.54) is 24.3 Å². The Morgan fingerprint density at radius 3 is 2.56 bits per heavy atom. The molecule has 4 nitrogen and oxygen atoms in total. The van der Waals surface area contributed by atoms with E-state index in [9.17, 15) is 14.0 Å². The molecule has 2 rings (SSSR count). The van der Waals surface area contributed by atoms with E-state index < -0.39 is 23.7 Å². The van der Waals surface area contributed by atoms with Gasteiger partial charge in [0, 0.05) is 12.5 Å². The summed E-state index contributed by atoms with van der Waals surface area (Å²) in [6.07, 6.45) is 0. The maximum atomic E-state index is 12.7. The van der Waals surface area contributed by atoms with E-state index in [2.05, 4.69) is 5.32 Å². The summed E-state index contributed by atoms with van der Waals surface area (Å²) in [4.78, 5) is 22.2. The lowest BCUT2D eigenvalue weighted by Gasteiger charge is -2.12. The fraction of sp³-hybridized carbons (Fsp3) is 0.273. The Morgan fingerprint density at radius 1 is 1.38 bits per heavy atom. The van der Waals surface area contributed by atoms with Gasteiger partial charge in [0.15, 0.2) is 0 Å². The first-order valence-corrected chi connectivity index (χ1v) is 4.85. The second-order valence-corrected chi connectivity index (χ2v) is 3.72. The van der Waals surface area contributed by atoms with E-state index in [1.807, 2.05) is 0 Å². The molecule has 2 N–H and O–H groups in total. The molecule has 1 fully saturated rings. The first-order valence-electron chi connectivity index (χ1n) is 4.85. The van der Waals surface area contributed by atoms with Crippen molar-refractivity contribution in [2.75, 3.05) is 6.54 Å². The molecule has 84 valence electrons. The van der Waals surface area contributed by atoms with Gasteiger partial charge >= 0.3 is 5.97 Å². The van der Waals surface area contributed by atoms with Gasteiger partial charge < -0.3 is 10.4 Å². The van der Waals surface area contributed by atoms with Crippen LogP contribution in [-0.2, 0) is 9.59 Å². The predicted octanol–water partition coefficient (Wildman–Crippen LogP) is 0.740. The molecule has 0 bridgehead atoms. The third kappa shape index (κ3) is 1.76. The lowest BCUT2D eigenvalue weighted by atomic mass is 9.89. The van der Waals surface area contributed by atoms with E-state index in [0.29, 0.717) is 5.56 Å². The first-order chi connectivity index (χ1) is 7.59. The number of nitrogens with one attached hydrogen (secondary N) is 1. The zero-order chi connectivity index (χ0) is 11.7. The summed E-state index contributed by atoms with van der Waals surface area (Å²) >= 11 is 0. The number of aliphatic carboxylic acids is 1. The minimum atomic E-state index is -1.15. The average Bonchev–Trinajstić information content (AvgIpc) is 2.61. The number of halogens is 1. The van der Waals surface area contributed by atoms with E-state index in [-0.39, 0.29) is 12.4 Å².